The van der Waals surface area contributed by atoms with Gasteiger partial charge in [-0.3, -0.25) is 0 Å². The topological polar surface area (TPSA) is 32.3 Å². The molecule has 0 aromatic rings. The van der Waals surface area contributed by atoms with Crippen LogP contribution >= 0.6 is 0 Å². The molecular formula is C16H31NO. The molecule has 0 saturated heterocycles. The van der Waals surface area contributed by atoms with Gasteiger partial charge in [0, 0.05) is 12.6 Å². The summed E-state index contributed by atoms with van der Waals surface area (Å²) in [5, 5.41) is 14.2. The highest BCUT2D eigenvalue weighted by Gasteiger charge is 2.35. The Kier molecular flexibility index (Phi) is 4.38. The molecule has 0 aromatic carbocycles. The lowest BCUT2D eigenvalue weighted by Gasteiger charge is -2.36. The fraction of sp³-hybridized carbons (Fsp3) is 1.00. The summed E-state index contributed by atoms with van der Waals surface area (Å²) in [6.07, 6.45) is 9.56. The van der Waals surface area contributed by atoms with E-state index in [1.54, 1.807) is 0 Å². The van der Waals surface area contributed by atoms with Gasteiger partial charge in [-0.2, -0.15) is 0 Å². The molecule has 2 fully saturated rings. The highest BCUT2D eigenvalue weighted by atomic mass is 16.3. The van der Waals surface area contributed by atoms with Crippen LogP contribution in [0, 0.1) is 11.3 Å². The summed E-state index contributed by atoms with van der Waals surface area (Å²) in [7, 11) is 0. The van der Waals surface area contributed by atoms with Crippen molar-refractivity contribution in [2.24, 2.45) is 11.3 Å². The highest BCUT2D eigenvalue weighted by molar-refractivity contribution is 4.91. The molecule has 1 atom stereocenters. The zero-order valence-corrected chi connectivity index (χ0v) is 12.5. The van der Waals surface area contributed by atoms with E-state index in [1.807, 2.05) is 0 Å². The third kappa shape index (κ3) is 3.71. The summed E-state index contributed by atoms with van der Waals surface area (Å²) in [6.45, 7) is 7.80. The second-order valence-corrected chi connectivity index (χ2v) is 7.56. The average Bonchev–Trinajstić information content (AvgIpc) is 2.68. The molecule has 2 nitrogen and oxygen atoms in total. The van der Waals surface area contributed by atoms with Crippen molar-refractivity contribution in [1.29, 1.82) is 0 Å². The van der Waals surface area contributed by atoms with Crippen LogP contribution in [0.15, 0.2) is 0 Å². The van der Waals surface area contributed by atoms with Gasteiger partial charge in [0.15, 0.2) is 0 Å². The van der Waals surface area contributed by atoms with Gasteiger partial charge in [-0.15, -0.1) is 0 Å². The van der Waals surface area contributed by atoms with Crippen LogP contribution in [0.2, 0.25) is 0 Å². The van der Waals surface area contributed by atoms with E-state index < -0.39 is 5.60 Å². The summed E-state index contributed by atoms with van der Waals surface area (Å²) in [4.78, 5) is 0. The van der Waals surface area contributed by atoms with Gasteiger partial charge in [0.25, 0.3) is 0 Å². The Morgan fingerprint density at radius 3 is 2.28 bits per heavy atom. The minimum atomic E-state index is -0.418. The first-order valence-corrected chi connectivity index (χ1v) is 7.88. The van der Waals surface area contributed by atoms with E-state index >= 15 is 0 Å². The molecule has 0 amide bonds. The molecule has 0 radical (unpaired) electrons. The Labute approximate surface area is 113 Å². The third-order valence-corrected chi connectivity index (χ3v) is 5.30. The molecule has 2 N–H and O–H groups in total. The van der Waals surface area contributed by atoms with Crippen LogP contribution in [0.1, 0.15) is 72.1 Å². The van der Waals surface area contributed by atoms with Crippen LogP contribution in [-0.2, 0) is 0 Å². The zero-order valence-electron chi connectivity index (χ0n) is 12.5. The first-order valence-electron chi connectivity index (χ1n) is 7.88. The molecule has 0 aliphatic heterocycles. The minimum Gasteiger partial charge on any atom is -0.389 e. The Hall–Kier alpha value is -0.0800. The van der Waals surface area contributed by atoms with Gasteiger partial charge in [0.2, 0.25) is 0 Å². The lowest BCUT2D eigenvalue weighted by atomic mass is 9.77. The van der Waals surface area contributed by atoms with Crippen molar-refractivity contribution in [3.63, 3.8) is 0 Å². The molecule has 2 heteroatoms. The van der Waals surface area contributed by atoms with E-state index in [9.17, 15) is 5.11 Å². The summed E-state index contributed by atoms with van der Waals surface area (Å²) in [6, 6.07) is 0.632. The lowest BCUT2D eigenvalue weighted by molar-refractivity contribution is -0.0107. The summed E-state index contributed by atoms with van der Waals surface area (Å²) in [5.41, 5.74) is 0.0819. The Morgan fingerprint density at radius 2 is 1.78 bits per heavy atom. The van der Waals surface area contributed by atoms with Gasteiger partial charge in [0.1, 0.15) is 0 Å². The van der Waals surface area contributed by atoms with Crippen molar-refractivity contribution in [3.8, 4) is 0 Å². The predicted molar refractivity (Wildman–Crippen MR) is 76.6 cm³/mol. The Morgan fingerprint density at radius 1 is 1.11 bits per heavy atom. The Balaban J connectivity index is 1.73. The number of aliphatic hydroxyl groups is 1. The predicted octanol–water partition coefficient (Wildman–Crippen LogP) is 3.49. The largest absolute Gasteiger partial charge is 0.389 e. The van der Waals surface area contributed by atoms with Crippen molar-refractivity contribution in [1.82, 2.24) is 5.32 Å². The maximum Gasteiger partial charge on any atom is 0.0771 e. The average molecular weight is 253 g/mol. The first-order chi connectivity index (χ1) is 8.42. The van der Waals surface area contributed by atoms with Gasteiger partial charge in [-0.1, -0.05) is 27.2 Å². The van der Waals surface area contributed by atoms with E-state index in [-0.39, 0.29) is 0 Å². The normalized spacial score (nSPS) is 40.0. The summed E-state index contributed by atoms with van der Waals surface area (Å²) >= 11 is 0. The third-order valence-electron chi connectivity index (χ3n) is 5.30. The van der Waals surface area contributed by atoms with Crippen LogP contribution < -0.4 is 5.32 Å². The molecule has 0 heterocycles. The molecule has 2 saturated carbocycles. The van der Waals surface area contributed by atoms with E-state index in [0.717, 1.165) is 25.3 Å². The number of hydrogen-bond acceptors (Lipinski definition) is 2. The molecule has 18 heavy (non-hydrogen) atoms. The standard InChI is InChI=1S/C16H31NO/c1-4-13-5-9-16(18,10-6-13)12-17-14-7-8-15(2,3)11-14/h13-14,17-18H,4-12H2,1-3H3. The number of rotatable bonds is 4. The van der Waals surface area contributed by atoms with Crippen LogP contribution in [0.5, 0.6) is 0 Å². The smallest absolute Gasteiger partial charge is 0.0771 e. The SMILES string of the molecule is CCC1CCC(O)(CNC2CCC(C)(C)C2)CC1. The van der Waals surface area contributed by atoms with Crippen molar-refractivity contribution < 1.29 is 5.11 Å². The van der Waals surface area contributed by atoms with Crippen LogP contribution in [0.3, 0.4) is 0 Å². The first kappa shape index (κ1) is 14.3. The van der Waals surface area contributed by atoms with E-state index in [4.69, 9.17) is 0 Å². The van der Waals surface area contributed by atoms with Gasteiger partial charge < -0.3 is 10.4 Å². The monoisotopic (exact) mass is 253 g/mol. The quantitative estimate of drug-likeness (QED) is 0.804. The van der Waals surface area contributed by atoms with Gasteiger partial charge in [-0.25, -0.2) is 0 Å². The number of nitrogens with one attached hydrogen (secondary N) is 1. The molecule has 2 rings (SSSR count). The lowest BCUT2D eigenvalue weighted by Crippen LogP contribution is -2.46. The maximum absolute atomic E-state index is 10.6. The summed E-state index contributed by atoms with van der Waals surface area (Å²) in [5.74, 6) is 0.857. The van der Waals surface area contributed by atoms with Crippen LogP contribution in [0.4, 0.5) is 0 Å². The highest BCUT2D eigenvalue weighted by Crippen LogP contribution is 2.38. The number of hydrogen-bond donors (Lipinski definition) is 2. The molecule has 106 valence electrons. The molecule has 1 unspecified atom stereocenters. The van der Waals surface area contributed by atoms with E-state index in [0.29, 0.717) is 11.5 Å². The van der Waals surface area contributed by atoms with Crippen molar-refractivity contribution in [3.05, 3.63) is 0 Å². The van der Waals surface area contributed by atoms with Gasteiger partial charge in [-0.05, 0) is 56.3 Å². The van der Waals surface area contributed by atoms with Gasteiger partial charge in [0.05, 0.1) is 5.60 Å². The minimum absolute atomic E-state index is 0.418. The second-order valence-electron chi connectivity index (χ2n) is 7.56. The van der Waals surface area contributed by atoms with Crippen molar-refractivity contribution in [2.45, 2.75) is 83.8 Å². The van der Waals surface area contributed by atoms with Crippen molar-refractivity contribution >= 4 is 0 Å². The maximum atomic E-state index is 10.6. The molecule has 0 aromatic heterocycles. The van der Waals surface area contributed by atoms with Crippen molar-refractivity contribution in [2.75, 3.05) is 6.54 Å². The van der Waals surface area contributed by atoms with E-state index in [1.165, 1.54) is 38.5 Å². The second kappa shape index (κ2) is 5.50. The van der Waals surface area contributed by atoms with Crippen LogP contribution in [0.25, 0.3) is 0 Å². The molecular weight excluding hydrogens is 222 g/mol. The fourth-order valence-electron chi connectivity index (χ4n) is 3.74. The van der Waals surface area contributed by atoms with Crippen LogP contribution in [-0.4, -0.2) is 23.3 Å². The molecule has 0 bridgehead atoms. The molecule has 2 aliphatic rings. The molecule has 0 spiro atoms. The zero-order chi connectivity index (χ0) is 13.2. The molecule has 2 aliphatic carbocycles. The Bertz CT molecular complexity index is 266. The summed E-state index contributed by atoms with van der Waals surface area (Å²) < 4.78 is 0. The van der Waals surface area contributed by atoms with E-state index in [2.05, 4.69) is 26.1 Å². The fourth-order valence-corrected chi connectivity index (χ4v) is 3.74. The van der Waals surface area contributed by atoms with Gasteiger partial charge >= 0.3 is 0 Å².